The number of nitrogens with zero attached hydrogens (tertiary/aromatic N) is 4. The van der Waals surface area contributed by atoms with Crippen LogP contribution in [-0.2, 0) is 0 Å². The van der Waals surface area contributed by atoms with Crippen LogP contribution in [0.3, 0.4) is 0 Å². The molecule has 116 valence electrons. The molecule has 0 aliphatic rings. The summed E-state index contributed by atoms with van der Waals surface area (Å²) in [7, 11) is 0. The van der Waals surface area contributed by atoms with Crippen molar-refractivity contribution in [3.63, 3.8) is 0 Å². The minimum Gasteiger partial charge on any atom is -0.473 e. The SMILES string of the molecule is CCOc1ncnc(Nc2cccc3cccnc23)c1[N+](=O)[O-]. The highest BCUT2D eigenvalue weighted by Crippen LogP contribution is 2.34. The van der Waals surface area contributed by atoms with Crippen molar-refractivity contribution in [2.24, 2.45) is 0 Å². The minimum absolute atomic E-state index is 0.0617. The van der Waals surface area contributed by atoms with Crippen molar-refractivity contribution in [2.75, 3.05) is 11.9 Å². The number of aromatic nitrogens is 3. The van der Waals surface area contributed by atoms with Crippen LogP contribution >= 0.6 is 0 Å². The van der Waals surface area contributed by atoms with Crippen LogP contribution in [0.25, 0.3) is 10.9 Å². The summed E-state index contributed by atoms with van der Waals surface area (Å²) in [6.45, 7) is 2.00. The van der Waals surface area contributed by atoms with Gasteiger partial charge in [0.05, 0.1) is 22.7 Å². The quantitative estimate of drug-likeness (QED) is 0.570. The fourth-order valence-electron chi connectivity index (χ4n) is 2.19. The van der Waals surface area contributed by atoms with E-state index >= 15 is 0 Å². The van der Waals surface area contributed by atoms with Gasteiger partial charge in [0.1, 0.15) is 6.33 Å². The standard InChI is InChI=1S/C15H13N5O3/c1-2-23-15-13(20(21)22)14(17-9-18-15)19-11-7-3-5-10-6-4-8-16-12(10)11/h3-9H,2H2,1H3,(H,17,18,19). The zero-order chi connectivity index (χ0) is 16.2. The van der Waals surface area contributed by atoms with Crippen molar-refractivity contribution in [3.05, 3.63) is 53.0 Å². The van der Waals surface area contributed by atoms with E-state index in [0.717, 1.165) is 5.39 Å². The van der Waals surface area contributed by atoms with Gasteiger partial charge in [0.25, 0.3) is 5.88 Å². The fourth-order valence-corrected chi connectivity index (χ4v) is 2.19. The van der Waals surface area contributed by atoms with Gasteiger partial charge in [0.15, 0.2) is 0 Å². The molecule has 0 atom stereocenters. The first kappa shape index (κ1) is 14.6. The summed E-state index contributed by atoms with van der Waals surface area (Å²) in [6.07, 6.45) is 2.88. The average Bonchev–Trinajstić information content (AvgIpc) is 2.55. The maximum atomic E-state index is 11.4. The van der Waals surface area contributed by atoms with Gasteiger partial charge in [-0.1, -0.05) is 18.2 Å². The third kappa shape index (κ3) is 2.86. The smallest absolute Gasteiger partial charge is 0.373 e. The van der Waals surface area contributed by atoms with Crippen LogP contribution in [0.4, 0.5) is 17.2 Å². The van der Waals surface area contributed by atoms with Crippen LogP contribution in [-0.4, -0.2) is 26.5 Å². The summed E-state index contributed by atoms with van der Waals surface area (Å²) >= 11 is 0. The van der Waals surface area contributed by atoms with E-state index in [2.05, 4.69) is 20.3 Å². The van der Waals surface area contributed by atoms with E-state index in [-0.39, 0.29) is 24.0 Å². The first-order valence-corrected chi connectivity index (χ1v) is 6.93. The second-order valence-electron chi connectivity index (χ2n) is 4.57. The monoisotopic (exact) mass is 311 g/mol. The molecular formula is C15H13N5O3. The molecule has 0 spiro atoms. The molecule has 0 saturated carbocycles. The van der Waals surface area contributed by atoms with Crippen molar-refractivity contribution in [2.45, 2.75) is 6.92 Å². The zero-order valence-electron chi connectivity index (χ0n) is 12.3. The Morgan fingerprint density at radius 1 is 1.22 bits per heavy atom. The third-order valence-electron chi connectivity index (χ3n) is 3.14. The van der Waals surface area contributed by atoms with E-state index in [0.29, 0.717) is 11.2 Å². The lowest BCUT2D eigenvalue weighted by molar-refractivity contribution is -0.385. The van der Waals surface area contributed by atoms with Crippen LogP contribution in [0.15, 0.2) is 42.9 Å². The Morgan fingerprint density at radius 3 is 2.83 bits per heavy atom. The van der Waals surface area contributed by atoms with Gasteiger partial charge < -0.3 is 10.1 Å². The fraction of sp³-hybridized carbons (Fsp3) is 0.133. The molecule has 3 rings (SSSR count). The van der Waals surface area contributed by atoms with Gasteiger partial charge in [0.2, 0.25) is 5.82 Å². The maximum Gasteiger partial charge on any atom is 0.373 e. The Bertz CT molecular complexity index is 863. The molecule has 1 N–H and O–H groups in total. The molecule has 2 heterocycles. The van der Waals surface area contributed by atoms with Crippen molar-refractivity contribution in [3.8, 4) is 5.88 Å². The Labute approximate surface area is 131 Å². The van der Waals surface area contributed by atoms with Crippen LogP contribution < -0.4 is 10.1 Å². The second-order valence-corrected chi connectivity index (χ2v) is 4.57. The average molecular weight is 311 g/mol. The van der Waals surface area contributed by atoms with Gasteiger partial charge in [-0.15, -0.1) is 0 Å². The van der Waals surface area contributed by atoms with Gasteiger partial charge in [-0.05, 0) is 19.1 Å². The van der Waals surface area contributed by atoms with E-state index in [1.807, 2.05) is 24.3 Å². The number of nitro groups is 1. The lowest BCUT2D eigenvalue weighted by atomic mass is 10.2. The van der Waals surface area contributed by atoms with Gasteiger partial charge >= 0.3 is 5.69 Å². The van der Waals surface area contributed by atoms with Crippen LogP contribution in [0.1, 0.15) is 6.92 Å². The number of rotatable bonds is 5. The number of fused-ring (bicyclic) bond motifs is 1. The minimum atomic E-state index is -0.564. The molecule has 0 radical (unpaired) electrons. The van der Waals surface area contributed by atoms with E-state index in [9.17, 15) is 10.1 Å². The van der Waals surface area contributed by atoms with E-state index in [1.54, 1.807) is 19.2 Å². The van der Waals surface area contributed by atoms with E-state index in [4.69, 9.17) is 4.74 Å². The van der Waals surface area contributed by atoms with E-state index < -0.39 is 4.92 Å². The summed E-state index contributed by atoms with van der Waals surface area (Å²) < 4.78 is 5.22. The molecule has 0 bridgehead atoms. The summed E-state index contributed by atoms with van der Waals surface area (Å²) in [6, 6.07) is 9.26. The van der Waals surface area contributed by atoms with Gasteiger partial charge in [-0.3, -0.25) is 15.1 Å². The maximum absolute atomic E-state index is 11.4. The molecule has 3 aromatic rings. The number of ether oxygens (including phenoxy) is 1. The lowest BCUT2D eigenvalue weighted by Crippen LogP contribution is -2.05. The summed E-state index contributed by atoms with van der Waals surface area (Å²) in [5.41, 5.74) is 1.01. The Morgan fingerprint density at radius 2 is 2.04 bits per heavy atom. The van der Waals surface area contributed by atoms with Crippen LogP contribution in [0.2, 0.25) is 0 Å². The number of para-hydroxylation sites is 1. The molecule has 23 heavy (non-hydrogen) atoms. The third-order valence-corrected chi connectivity index (χ3v) is 3.14. The van der Waals surface area contributed by atoms with Crippen molar-refractivity contribution < 1.29 is 9.66 Å². The van der Waals surface area contributed by atoms with Crippen LogP contribution in [0, 0.1) is 10.1 Å². The molecule has 8 nitrogen and oxygen atoms in total. The summed E-state index contributed by atoms with van der Waals surface area (Å²) in [4.78, 5) is 22.9. The Kier molecular flexibility index (Phi) is 3.96. The molecule has 0 aliphatic carbocycles. The second kappa shape index (κ2) is 6.22. The Hall–Kier alpha value is -3.29. The number of nitrogens with one attached hydrogen (secondary N) is 1. The summed E-state index contributed by atoms with van der Waals surface area (Å²) in [5, 5.41) is 15.2. The highest BCUT2D eigenvalue weighted by molar-refractivity contribution is 5.92. The van der Waals surface area contributed by atoms with Gasteiger partial charge in [-0.2, -0.15) is 4.98 Å². The largest absolute Gasteiger partial charge is 0.473 e. The molecule has 2 aromatic heterocycles. The van der Waals surface area contributed by atoms with E-state index in [1.165, 1.54) is 6.33 Å². The number of hydrogen-bond donors (Lipinski definition) is 1. The highest BCUT2D eigenvalue weighted by Gasteiger charge is 2.24. The topological polar surface area (TPSA) is 103 Å². The normalized spacial score (nSPS) is 10.5. The number of hydrogen-bond acceptors (Lipinski definition) is 7. The number of benzene rings is 1. The first-order chi connectivity index (χ1) is 11.2. The van der Waals surface area contributed by atoms with Gasteiger partial charge in [0, 0.05) is 11.6 Å². The molecule has 0 aliphatic heterocycles. The van der Waals surface area contributed by atoms with Crippen molar-refractivity contribution in [1.82, 2.24) is 15.0 Å². The van der Waals surface area contributed by atoms with Gasteiger partial charge in [-0.25, -0.2) is 4.98 Å². The number of pyridine rings is 1. The van der Waals surface area contributed by atoms with Crippen molar-refractivity contribution >= 4 is 28.1 Å². The summed E-state index contributed by atoms with van der Waals surface area (Å²) in [5.74, 6) is -0.00482. The molecule has 0 unspecified atom stereocenters. The Balaban J connectivity index is 2.09. The molecule has 0 saturated heterocycles. The zero-order valence-corrected chi connectivity index (χ0v) is 12.3. The first-order valence-electron chi connectivity index (χ1n) is 6.93. The molecule has 1 aromatic carbocycles. The lowest BCUT2D eigenvalue weighted by Gasteiger charge is -2.10. The molecule has 8 heteroatoms. The molecular weight excluding hydrogens is 298 g/mol. The predicted octanol–water partition coefficient (Wildman–Crippen LogP) is 3.08. The molecule has 0 fully saturated rings. The van der Waals surface area contributed by atoms with Crippen LogP contribution in [0.5, 0.6) is 5.88 Å². The number of anilines is 2. The van der Waals surface area contributed by atoms with Crippen molar-refractivity contribution in [1.29, 1.82) is 0 Å². The highest BCUT2D eigenvalue weighted by atomic mass is 16.6. The molecule has 0 amide bonds. The predicted molar refractivity (Wildman–Crippen MR) is 84.9 cm³/mol.